The summed E-state index contributed by atoms with van der Waals surface area (Å²) in [5.74, 6) is -6.29. The van der Waals surface area contributed by atoms with E-state index in [-0.39, 0.29) is 55.9 Å². The van der Waals surface area contributed by atoms with Gasteiger partial charge in [-0.1, -0.05) is 40.2 Å². The number of aromatic nitrogens is 1. The average molecular weight is 658 g/mol. The number of carbonyl (C=O) groups is 2. The van der Waals surface area contributed by atoms with Crippen LogP contribution in [0.2, 0.25) is 0 Å². The maximum atomic E-state index is 16.0. The molecule has 3 heterocycles. The summed E-state index contributed by atoms with van der Waals surface area (Å²) in [5.41, 5.74) is -1.67. The van der Waals surface area contributed by atoms with Gasteiger partial charge in [0.25, 0.3) is 5.92 Å². The molecule has 1 aromatic heterocycles. The summed E-state index contributed by atoms with van der Waals surface area (Å²) in [6.07, 6.45) is 0.762. The predicted molar refractivity (Wildman–Crippen MR) is 152 cm³/mol. The van der Waals surface area contributed by atoms with Crippen LogP contribution < -0.4 is 14.8 Å². The Bertz CT molecular complexity index is 1430. The first-order valence-corrected chi connectivity index (χ1v) is 14.6. The summed E-state index contributed by atoms with van der Waals surface area (Å²) in [6, 6.07) is 2.05. The average Bonchev–Trinajstić information content (AvgIpc) is 3.59. The number of carbonyl (C=O) groups excluding carboxylic acids is 3. The second kappa shape index (κ2) is 12.8. The van der Waals surface area contributed by atoms with Crippen LogP contribution in [-0.2, 0) is 38.8 Å². The molecule has 5 rings (SSSR count). The van der Waals surface area contributed by atoms with Gasteiger partial charge in [0.05, 0.1) is 19.2 Å². The summed E-state index contributed by atoms with van der Waals surface area (Å²) in [4.78, 5) is 44.3. The SMILES string of the molecule is COc1ccc2c(F)c3c(nc2c1)O[C@H]1CN(C(=O)[C@H](C(C)(C)C)NC(=O)O[C@@H]2C[C@H]2CCCCC3(F)F)[C@H]([C-]=O)[C@@H]1C.[HH].[V]. The van der Waals surface area contributed by atoms with Gasteiger partial charge in [0.15, 0.2) is 0 Å². The van der Waals surface area contributed by atoms with E-state index in [1.165, 1.54) is 30.2 Å². The van der Waals surface area contributed by atoms with Crippen molar-refractivity contribution in [3.8, 4) is 11.6 Å². The number of pyridine rings is 1. The van der Waals surface area contributed by atoms with E-state index < -0.39 is 71.1 Å². The fourth-order valence-electron chi connectivity index (χ4n) is 6.01. The largest absolute Gasteiger partial charge is 0.540 e. The summed E-state index contributed by atoms with van der Waals surface area (Å²) in [7, 11) is 1.42. The van der Waals surface area contributed by atoms with E-state index in [4.69, 9.17) is 14.2 Å². The molecule has 3 aliphatic rings. The molecule has 2 fully saturated rings. The number of fused-ring (bicyclic) bond motifs is 5. The molecule has 6 atom stereocenters. The maximum Gasteiger partial charge on any atom is 0.408 e. The van der Waals surface area contributed by atoms with Gasteiger partial charge in [-0.3, -0.25) is 4.79 Å². The Hall–Kier alpha value is -2.99. The topological polar surface area (TPSA) is 107 Å². The second-order valence-corrected chi connectivity index (χ2v) is 12.9. The third-order valence-corrected chi connectivity index (χ3v) is 8.73. The number of alkyl carbamates (subject to hydrolysis) is 1. The number of nitrogens with one attached hydrogen (secondary N) is 1. The third kappa shape index (κ3) is 6.66. The van der Waals surface area contributed by atoms with Crippen molar-refractivity contribution in [1.29, 1.82) is 0 Å². The van der Waals surface area contributed by atoms with Gasteiger partial charge in [-0.05, 0) is 48.6 Å². The van der Waals surface area contributed by atoms with E-state index in [1.54, 1.807) is 27.7 Å². The molecule has 1 N–H and O–H groups in total. The van der Waals surface area contributed by atoms with Gasteiger partial charge in [-0.15, -0.1) is 0 Å². The van der Waals surface area contributed by atoms with Crippen LogP contribution >= 0.6 is 0 Å². The fourth-order valence-corrected chi connectivity index (χ4v) is 6.01. The number of halogens is 3. The van der Waals surface area contributed by atoms with Crippen LogP contribution in [0, 0.1) is 23.1 Å². The molecule has 2 amide bonds. The van der Waals surface area contributed by atoms with Gasteiger partial charge in [0, 0.05) is 37.9 Å². The maximum absolute atomic E-state index is 16.0. The number of nitrogens with zero attached hydrogens (tertiary/aromatic N) is 2. The number of alkyl halides is 2. The van der Waals surface area contributed by atoms with Crippen molar-refractivity contribution in [2.45, 2.75) is 90.0 Å². The van der Waals surface area contributed by atoms with E-state index in [9.17, 15) is 14.4 Å². The Morgan fingerprint density at radius 3 is 2.57 bits per heavy atom. The molecule has 9 nitrogen and oxygen atoms in total. The minimum atomic E-state index is -3.63. The molecule has 44 heavy (non-hydrogen) atoms. The fraction of sp³-hybridized carbons (Fsp3) is 0.613. The summed E-state index contributed by atoms with van der Waals surface area (Å²) < 4.78 is 64.5. The first-order valence-electron chi connectivity index (χ1n) is 14.6. The van der Waals surface area contributed by atoms with Crippen LogP contribution in [0.3, 0.4) is 0 Å². The Kier molecular flexibility index (Phi) is 9.85. The van der Waals surface area contributed by atoms with E-state index in [2.05, 4.69) is 10.3 Å². The normalized spacial score (nSPS) is 29.0. The number of hydrogen-bond acceptors (Lipinski definition) is 7. The predicted octanol–water partition coefficient (Wildman–Crippen LogP) is 5.53. The van der Waals surface area contributed by atoms with Crippen LogP contribution in [0.5, 0.6) is 11.6 Å². The van der Waals surface area contributed by atoms with Crippen molar-refractivity contribution in [3.63, 3.8) is 0 Å². The molecule has 1 saturated carbocycles. The van der Waals surface area contributed by atoms with Crippen LogP contribution in [-0.4, -0.2) is 66.1 Å². The number of rotatable bonds is 2. The number of amides is 2. The van der Waals surface area contributed by atoms with Crippen LogP contribution in [0.15, 0.2) is 18.2 Å². The van der Waals surface area contributed by atoms with Crippen molar-refractivity contribution < 1.29 is 61.7 Å². The zero-order valence-electron chi connectivity index (χ0n) is 25.4. The van der Waals surface area contributed by atoms with Crippen LogP contribution in [0.4, 0.5) is 18.0 Å². The standard InChI is InChI=1S/C31H37F3N3O6.V.H2/c1-16-21(15-38)37-14-23(16)42-27-24(25(32)19-10-9-18(41-5)13-20(19)35-27)31(33,34)11-7-6-8-17-12-22(17)43-29(40)36-26(28(37)39)30(2,3)4;;/h9-10,13,16-17,21-23,26H,6-8,11-12,14H2,1-5H3,(H,36,40);;1H/q-1;;/t16-,17+,21+,22+,23-,26+;;/m0../s1. The molecule has 13 heteroatoms. The molecule has 0 spiro atoms. The molecule has 1 aromatic carbocycles. The van der Waals surface area contributed by atoms with Crippen molar-refractivity contribution in [3.05, 3.63) is 29.6 Å². The van der Waals surface area contributed by atoms with Gasteiger partial charge in [0.2, 0.25) is 11.8 Å². The molecular formula is C31H39F3N3O6V-. The monoisotopic (exact) mass is 657 g/mol. The van der Waals surface area contributed by atoms with Crippen molar-refractivity contribution >= 4 is 29.2 Å². The van der Waals surface area contributed by atoms with Gasteiger partial charge in [-0.25, -0.2) is 29.2 Å². The second-order valence-electron chi connectivity index (χ2n) is 12.9. The molecule has 2 aliphatic heterocycles. The van der Waals surface area contributed by atoms with Gasteiger partial charge in [0.1, 0.15) is 35.4 Å². The first-order chi connectivity index (χ1) is 20.2. The van der Waals surface area contributed by atoms with Crippen LogP contribution in [0.25, 0.3) is 10.9 Å². The molecule has 241 valence electrons. The summed E-state index contributed by atoms with van der Waals surface area (Å²) in [6.45, 7) is 6.71. The minimum Gasteiger partial charge on any atom is -0.540 e. The molecule has 1 aliphatic carbocycles. The number of ether oxygens (including phenoxy) is 3. The van der Waals surface area contributed by atoms with E-state index in [0.717, 1.165) is 0 Å². The van der Waals surface area contributed by atoms with E-state index in [0.29, 0.717) is 25.0 Å². The van der Waals surface area contributed by atoms with Gasteiger partial charge < -0.3 is 29.2 Å². The van der Waals surface area contributed by atoms with Crippen LogP contribution in [0.1, 0.15) is 66.8 Å². The Balaban J connectivity index is 0.00000276. The zero-order valence-corrected chi connectivity index (χ0v) is 26.8. The number of methoxy groups -OCH3 is 1. The molecule has 0 unspecified atom stereocenters. The summed E-state index contributed by atoms with van der Waals surface area (Å²) in [5, 5.41) is 2.57. The van der Waals surface area contributed by atoms with Crippen molar-refractivity contribution in [2.75, 3.05) is 13.7 Å². The zero-order chi connectivity index (χ0) is 31.3. The third-order valence-electron chi connectivity index (χ3n) is 8.73. The molecule has 1 saturated heterocycles. The number of hydrogen-bond donors (Lipinski definition) is 1. The molecular weight excluding hydrogens is 618 g/mol. The quantitative estimate of drug-likeness (QED) is 0.424. The smallest absolute Gasteiger partial charge is 0.408 e. The van der Waals surface area contributed by atoms with Gasteiger partial charge in [-0.2, -0.15) is 0 Å². The van der Waals surface area contributed by atoms with E-state index in [1.807, 2.05) is 6.29 Å². The van der Waals surface area contributed by atoms with E-state index >= 15 is 13.2 Å². The molecule has 2 bridgehead atoms. The van der Waals surface area contributed by atoms with Crippen molar-refractivity contribution in [1.82, 2.24) is 15.2 Å². The summed E-state index contributed by atoms with van der Waals surface area (Å²) >= 11 is 0. The Labute approximate surface area is 267 Å². The number of benzene rings is 1. The Morgan fingerprint density at radius 1 is 1.18 bits per heavy atom. The minimum absolute atomic E-state index is 0. The first kappa shape index (κ1) is 33.9. The molecule has 2 aromatic rings. The Morgan fingerprint density at radius 2 is 1.91 bits per heavy atom. The van der Waals surface area contributed by atoms with Gasteiger partial charge >= 0.3 is 6.09 Å². The van der Waals surface area contributed by atoms with Crippen molar-refractivity contribution in [2.24, 2.45) is 17.3 Å². The molecule has 1 radical (unpaired) electrons.